The monoisotopic (exact) mass is 312 g/mol. The van der Waals surface area contributed by atoms with Crippen molar-refractivity contribution in [1.82, 2.24) is 0 Å². The maximum Gasteiger partial charge on any atom is -0.0113 e. The molecule has 1 aromatic rings. The minimum Gasteiger partial charge on any atom is -0.0798 e. The van der Waals surface area contributed by atoms with E-state index in [0.29, 0.717) is 0 Å². The summed E-state index contributed by atoms with van der Waals surface area (Å²) in [5, 5.41) is 0. The molecule has 0 nitrogen and oxygen atoms in total. The molecule has 0 radical (unpaired) electrons. The van der Waals surface area contributed by atoms with Gasteiger partial charge in [-0.25, -0.2) is 0 Å². The number of hydrogen-bond acceptors (Lipinski definition) is 0. The van der Waals surface area contributed by atoms with E-state index in [0.717, 1.165) is 18.8 Å². The molecule has 0 unspecified atom stereocenters. The van der Waals surface area contributed by atoms with Gasteiger partial charge in [0.25, 0.3) is 0 Å². The molecule has 128 valence electrons. The van der Waals surface area contributed by atoms with Crippen molar-refractivity contribution < 1.29 is 0 Å². The van der Waals surface area contributed by atoms with Gasteiger partial charge in [-0.1, -0.05) is 96.4 Å². The first-order chi connectivity index (χ1) is 10.9. The quantitative estimate of drug-likeness (QED) is 0.437. The highest BCUT2D eigenvalue weighted by Crippen LogP contribution is 2.41. The molecule has 0 aliphatic rings. The lowest BCUT2D eigenvalue weighted by atomic mass is 9.69. The van der Waals surface area contributed by atoms with Crippen LogP contribution in [0.2, 0.25) is 0 Å². The van der Waals surface area contributed by atoms with Crippen molar-refractivity contribution in [3.05, 3.63) is 53.1 Å². The summed E-state index contributed by atoms with van der Waals surface area (Å²) >= 11 is 0. The lowest BCUT2D eigenvalue weighted by Gasteiger charge is -2.36. The second kappa shape index (κ2) is 9.11. The topological polar surface area (TPSA) is 0 Å². The fraction of sp³-hybridized carbons (Fsp3) is 0.565. The molecule has 0 heteroatoms. The van der Waals surface area contributed by atoms with E-state index >= 15 is 0 Å². The van der Waals surface area contributed by atoms with Crippen LogP contribution in [0.4, 0.5) is 0 Å². The van der Waals surface area contributed by atoms with Crippen molar-refractivity contribution in [3.8, 4) is 0 Å². The van der Waals surface area contributed by atoms with Crippen LogP contribution in [-0.4, -0.2) is 0 Å². The first kappa shape index (κ1) is 19.7. The summed E-state index contributed by atoms with van der Waals surface area (Å²) in [6.45, 7) is 16.2. The maximum atomic E-state index is 2.45. The minimum absolute atomic E-state index is 0.259. The average molecular weight is 313 g/mol. The highest BCUT2D eigenvalue weighted by Gasteiger charge is 2.29. The Bertz CT molecular complexity index is 539. The molecule has 0 heterocycles. The fourth-order valence-electron chi connectivity index (χ4n) is 3.81. The third-order valence-corrected chi connectivity index (χ3v) is 5.52. The van der Waals surface area contributed by atoms with Crippen LogP contribution in [0.3, 0.4) is 0 Å². The van der Waals surface area contributed by atoms with E-state index in [4.69, 9.17) is 0 Å². The zero-order valence-electron chi connectivity index (χ0n) is 16.4. The molecule has 0 aliphatic carbocycles. The van der Waals surface area contributed by atoms with Gasteiger partial charge in [0.2, 0.25) is 0 Å². The van der Waals surface area contributed by atoms with Gasteiger partial charge in [-0.3, -0.25) is 0 Å². The summed E-state index contributed by atoms with van der Waals surface area (Å²) in [5.74, 6) is 0.744. The van der Waals surface area contributed by atoms with Gasteiger partial charge in [-0.2, -0.15) is 0 Å². The van der Waals surface area contributed by atoms with Crippen LogP contribution in [-0.2, 0) is 6.42 Å². The third-order valence-electron chi connectivity index (χ3n) is 5.52. The Hall–Kier alpha value is -1.30. The van der Waals surface area contributed by atoms with Gasteiger partial charge in [-0.15, -0.1) is 0 Å². The van der Waals surface area contributed by atoms with Crippen molar-refractivity contribution >= 4 is 5.57 Å². The van der Waals surface area contributed by atoms with Crippen LogP contribution in [0, 0.1) is 11.3 Å². The van der Waals surface area contributed by atoms with Crippen molar-refractivity contribution in [3.63, 3.8) is 0 Å². The summed E-state index contributed by atoms with van der Waals surface area (Å²) in [6.07, 6.45) is 9.41. The second-order valence-corrected chi connectivity index (χ2v) is 7.06. The van der Waals surface area contributed by atoms with Crippen LogP contribution in [0.5, 0.6) is 0 Å². The first-order valence-electron chi connectivity index (χ1n) is 9.41. The van der Waals surface area contributed by atoms with Gasteiger partial charge >= 0.3 is 0 Å². The maximum absolute atomic E-state index is 2.45. The molecular formula is C23H36. The Morgan fingerprint density at radius 1 is 1.09 bits per heavy atom. The largest absolute Gasteiger partial charge is 0.0798 e. The molecule has 0 amide bonds. The Morgan fingerprint density at radius 2 is 1.74 bits per heavy atom. The van der Waals surface area contributed by atoms with Gasteiger partial charge in [0, 0.05) is 0 Å². The standard InChI is InChI=1S/C23H36/c1-8-18-14-13-15-20(16-18)19(9-2)17-22(12-5)23(6,7)21(10-3)11-4/h9,13-17,21H,8,10-12H2,1-7H3/b19-9+,22-17+. The van der Waals surface area contributed by atoms with Crippen LogP contribution >= 0.6 is 0 Å². The van der Waals surface area contributed by atoms with E-state index in [1.807, 2.05) is 0 Å². The Kier molecular flexibility index (Phi) is 7.82. The summed E-state index contributed by atoms with van der Waals surface area (Å²) in [5.41, 5.74) is 5.94. The first-order valence-corrected chi connectivity index (χ1v) is 9.41. The molecule has 0 saturated heterocycles. The predicted molar refractivity (Wildman–Crippen MR) is 106 cm³/mol. The molecule has 0 N–H and O–H groups in total. The number of allylic oxidation sites excluding steroid dienone is 4. The highest BCUT2D eigenvalue weighted by atomic mass is 14.3. The SMILES string of the molecule is C/C=C(\C=C(/CC)C(C)(C)C(CC)CC)c1cccc(CC)c1. The number of rotatable bonds is 8. The molecule has 1 aromatic carbocycles. The van der Waals surface area contributed by atoms with E-state index < -0.39 is 0 Å². The molecule has 0 bridgehead atoms. The van der Waals surface area contributed by atoms with Gasteiger partial charge < -0.3 is 0 Å². The van der Waals surface area contributed by atoms with Crippen LogP contribution in [0.15, 0.2) is 42.0 Å². The van der Waals surface area contributed by atoms with Gasteiger partial charge in [0.15, 0.2) is 0 Å². The van der Waals surface area contributed by atoms with Gasteiger partial charge in [0.05, 0.1) is 0 Å². The third kappa shape index (κ3) is 4.83. The number of aryl methyl sites for hydroxylation is 1. The Labute approximate surface area is 144 Å². The second-order valence-electron chi connectivity index (χ2n) is 7.06. The van der Waals surface area contributed by atoms with Crippen LogP contribution < -0.4 is 0 Å². The lowest BCUT2D eigenvalue weighted by molar-refractivity contribution is 0.243. The molecule has 23 heavy (non-hydrogen) atoms. The Balaban J connectivity index is 3.25. The van der Waals surface area contributed by atoms with Gasteiger partial charge in [0.1, 0.15) is 0 Å². The molecule has 0 atom stereocenters. The van der Waals surface area contributed by atoms with Crippen LogP contribution in [0.25, 0.3) is 5.57 Å². The average Bonchev–Trinajstić information content (AvgIpc) is 2.56. The number of hydrogen-bond donors (Lipinski definition) is 0. The Morgan fingerprint density at radius 3 is 2.22 bits per heavy atom. The molecule has 0 aromatic heterocycles. The summed E-state index contributed by atoms with van der Waals surface area (Å²) < 4.78 is 0. The predicted octanol–water partition coefficient (Wildman–Crippen LogP) is 7.45. The normalized spacial score (nSPS) is 13.7. The van der Waals surface area contributed by atoms with Gasteiger partial charge in [-0.05, 0) is 47.8 Å². The highest BCUT2D eigenvalue weighted by molar-refractivity contribution is 5.75. The van der Waals surface area contributed by atoms with E-state index in [2.05, 4.69) is 84.9 Å². The molecule has 1 rings (SSSR count). The molecule has 0 aliphatic heterocycles. The summed E-state index contributed by atoms with van der Waals surface area (Å²) in [4.78, 5) is 0. The van der Waals surface area contributed by atoms with E-state index in [-0.39, 0.29) is 5.41 Å². The molecular weight excluding hydrogens is 276 g/mol. The van der Waals surface area contributed by atoms with Crippen molar-refractivity contribution in [1.29, 1.82) is 0 Å². The van der Waals surface area contributed by atoms with Crippen LogP contribution in [0.1, 0.15) is 78.9 Å². The summed E-state index contributed by atoms with van der Waals surface area (Å²) in [6, 6.07) is 8.98. The molecule has 0 fully saturated rings. The van der Waals surface area contributed by atoms with Crippen molar-refractivity contribution in [2.75, 3.05) is 0 Å². The number of benzene rings is 1. The van der Waals surface area contributed by atoms with E-state index in [1.54, 1.807) is 5.57 Å². The van der Waals surface area contributed by atoms with E-state index in [9.17, 15) is 0 Å². The van der Waals surface area contributed by atoms with E-state index in [1.165, 1.54) is 29.5 Å². The zero-order chi connectivity index (χ0) is 17.5. The molecule has 0 spiro atoms. The lowest BCUT2D eigenvalue weighted by Crippen LogP contribution is -2.25. The summed E-state index contributed by atoms with van der Waals surface area (Å²) in [7, 11) is 0. The fourth-order valence-corrected chi connectivity index (χ4v) is 3.81. The molecule has 0 saturated carbocycles. The zero-order valence-corrected chi connectivity index (χ0v) is 16.4. The minimum atomic E-state index is 0.259. The van der Waals surface area contributed by atoms with Crippen molar-refractivity contribution in [2.24, 2.45) is 11.3 Å². The van der Waals surface area contributed by atoms with Crippen molar-refractivity contribution in [2.45, 2.75) is 74.1 Å². The smallest absolute Gasteiger partial charge is 0.0113 e.